The molecular weight excluding hydrogens is 362 g/mol. The summed E-state index contributed by atoms with van der Waals surface area (Å²) in [6.45, 7) is 10.9. The number of nitrogens with one attached hydrogen (secondary N) is 1. The second-order valence-electron chi connectivity index (χ2n) is 11.6. The number of carbonyl (C=O) groups is 2. The molecule has 0 aliphatic heterocycles. The van der Waals surface area contributed by atoms with Crippen LogP contribution in [0.1, 0.15) is 79.6 Å². The summed E-state index contributed by atoms with van der Waals surface area (Å²) in [6.07, 6.45) is 11.4. The number of aliphatic carboxylic acids is 1. The molecule has 6 atom stereocenters. The van der Waals surface area contributed by atoms with Crippen molar-refractivity contribution in [3.63, 3.8) is 0 Å². The predicted molar refractivity (Wildman–Crippen MR) is 114 cm³/mol. The molecule has 2 N–H and O–H groups in total. The molecule has 29 heavy (non-hydrogen) atoms. The second-order valence-corrected chi connectivity index (χ2v) is 11.6. The lowest BCUT2D eigenvalue weighted by Gasteiger charge is -2.57. The Morgan fingerprint density at radius 3 is 2.48 bits per heavy atom. The highest BCUT2D eigenvalue weighted by Crippen LogP contribution is 2.66. The lowest BCUT2D eigenvalue weighted by molar-refractivity contribution is -0.133. The van der Waals surface area contributed by atoms with Gasteiger partial charge in [-0.15, -0.1) is 0 Å². The van der Waals surface area contributed by atoms with Crippen LogP contribution in [0.25, 0.3) is 0 Å². The average Bonchev–Trinajstić information content (AvgIpc) is 2.96. The Kier molecular flexibility index (Phi) is 4.79. The highest BCUT2D eigenvalue weighted by molar-refractivity contribution is 5.87. The van der Waals surface area contributed by atoms with Crippen LogP contribution in [0.3, 0.4) is 0 Å². The van der Waals surface area contributed by atoms with Gasteiger partial charge in [-0.2, -0.15) is 0 Å². The maximum absolute atomic E-state index is 13.1. The lowest BCUT2D eigenvalue weighted by Crippen LogP contribution is -2.52. The Morgan fingerprint density at radius 1 is 1.10 bits per heavy atom. The molecule has 0 spiro atoms. The molecule has 4 heteroatoms. The van der Waals surface area contributed by atoms with Crippen LogP contribution in [0.15, 0.2) is 23.3 Å². The second kappa shape index (κ2) is 6.72. The quantitative estimate of drug-likeness (QED) is 0.679. The van der Waals surface area contributed by atoms with Crippen molar-refractivity contribution in [1.82, 2.24) is 5.32 Å². The summed E-state index contributed by atoms with van der Waals surface area (Å²) >= 11 is 0. The van der Waals surface area contributed by atoms with Gasteiger partial charge in [0.25, 0.3) is 0 Å². The van der Waals surface area contributed by atoms with E-state index in [1.165, 1.54) is 5.57 Å². The minimum atomic E-state index is -0.769. The fraction of sp³-hybridized carbons (Fsp3) is 0.760. The summed E-state index contributed by atoms with van der Waals surface area (Å²) < 4.78 is 0. The highest BCUT2D eigenvalue weighted by atomic mass is 16.4. The van der Waals surface area contributed by atoms with Crippen molar-refractivity contribution in [2.75, 3.05) is 0 Å². The van der Waals surface area contributed by atoms with Crippen molar-refractivity contribution in [3.05, 3.63) is 23.3 Å². The van der Waals surface area contributed by atoms with Crippen molar-refractivity contribution >= 4 is 11.9 Å². The number of hydrogen-bond acceptors (Lipinski definition) is 2. The monoisotopic (exact) mass is 399 g/mol. The third kappa shape index (κ3) is 3.27. The van der Waals surface area contributed by atoms with Gasteiger partial charge >= 0.3 is 5.97 Å². The number of amides is 1. The van der Waals surface area contributed by atoms with Crippen LogP contribution in [-0.4, -0.2) is 22.5 Å². The zero-order chi connectivity index (χ0) is 21.2. The Balaban J connectivity index is 1.60. The summed E-state index contributed by atoms with van der Waals surface area (Å²) in [5, 5.41) is 12.7. The van der Waals surface area contributed by atoms with Crippen molar-refractivity contribution in [2.24, 2.45) is 34.5 Å². The molecular formula is C25H37NO3. The summed E-state index contributed by atoms with van der Waals surface area (Å²) in [5.74, 6) is 1.42. The highest BCUT2D eigenvalue weighted by Gasteiger charge is 2.59. The first-order valence-electron chi connectivity index (χ1n) is 11.4. The third-order valence-electron chi connectivity index (χ3n) is 8.86. The summed E-state index contributed by atoms with van der Waals surface area (Å²) in [6, 6.07) is 0. The van der Waals surface area contributed by atoms with Gasteiger partial charge in [0.15, 0.2) is 0 Å². The zero-order valence-corrected chi connectivity index (χ0v) is 18.7. The fourth-order valence-corrected chi connectivity index (χ4v) is 7.38. The van der Waals surface area contributed by atoms with Gasteiger partial charge in [0.05, 0.1) is 0 Å². The van der Waals surface area contributed by atoms with Crippen LogP contribution < -0.4 is 5.32 Å². The Hall–Kier alpha value is -1.58. The Labute approximate surface area is 175 Å². The lowest BCUT2D eigenvalue weighted by atomic mass is 9.48. The summed E-state index contributed by atoms with van der Waals surface area (Å²) in [7, 11) is 0. The molecule has 2 fully saturated rings. The number of allylic oxidation sites excluding steroid dienone is 3. The van der Waals surface area contributed by atoms with Crippen molar-refractivity contribution in [2.45, 2.75) is 85.1 Å². The van der Waals surface area contributed by atoms with Gasteiger partial charge in [0, 0.05) is 17.0 Å². The first-order chi connectivity index (χ1) is 13.5. The Bertz CT molecular complexity index is 788. The molecule has 4 unspecified atom stereocenters. The molecule has 0 aromatic carbocycles. The molecule has 0 heterocycles. The third-order valence-corrected chi connectivity index (χ3v) is 8.86. The van der Waals surface area contributed by atoms with Gasteiger partial charge in [-0.3, -0.25) is 4.79 Å². The van der Waals surface area contributed by atoms with Crippen LogP contribution in [0.2, 0.25) is 0 Å². The van der Waals surface area contributed by atoms with E-state index in [1.54, 1.807) is 0 Å². The number of carboxylic acid groups (broad SMARTS) is 1. The minimum Gasteiger partial charge on any atom is -0.478 e. The van der Waals surface area contributed by atoms with Crippen LogP contribution in [0.5, 0.6) is 0 Å². The number of hydrogen-bond donors (Lipinski definition) is 2. The molecule has 160 valence electrons. The summed E-state index contributed by atoms with van der Waals surface area (Å²) in [4.78, 5) is 24.6. The van der Waals surface area contributed by atoms with Gasteiger partial charge in [-0.1, -0.05) is 19.9 Å². The van der Waals surface area contributed by atoms with Gasteiger partial charge in [-0.25, -0.2) is 4.79 Å². The molecule has 0 bridgehead atoms. The van der Waals surface area contributed by atoms with E-state index in [1.807, 2.05) is 6.08 Å². The van der Waals surface area contributed by atoms with Crippen LogP contribution >= 0.6 is 0 Å². The maximum Gasteiger partial charge on any atom is 0.331 e. The van der Waals surface area contributed by atoms with E-state index in [9.17, 15) is 14.7 Å². The Morgan fingerprint density at radius 2 is 1.83 bits per heavy atom. The molecule has 4 rings (SSSR count). The van der Waals surface area contributed by atoms with Gasteiger partial charge in [-0.05, 0) is 106 Å². The van der Waals surface area contributed by atoms with Crippen LogP contribution in [0.4, 0.5) is 0 Å². The van der Waals surface area contributed by atoms with Crippen molar-refractivity contribution < 1.29 is 14.7 Å². The normalized spacial score (nSPS) is 41.4. The fourth-order valence-electron chi connectivity index (χ4n) is 7.38. The average molecular weight is 400 g/mol. The van der Waals surface area contributed by atoms with Crippen molar-refractivity contribution in [1.29, 1.82) is 0 Å². The first-order valence-corrected chi connectivity index (χ1v) is 11.4. The van der Waals surface area contributed by atoms with Crippen molar-refractivity contribution in [3.8, 4) is 0 Å². The van der Waals surface area contributed by atoms with Crippen LogP contribution in [0, 0.1) is 34.5 Å². The minimum absolute atomic E-state index is 0.0922. The molecule has 1 amide bonds. The van der Waals surface area contributed by atoms with Gasteiger partial charge in [0.2, 0.25) is 5.91 Å². The molecule has 4 aliphatic carbocycles. The molecule has 4 aliphatic rings. The van der Waals surface area contributed by atoms with E-state index >= 15 is 0 Å². The van der Waals surface area contributed by atoms with E-state index in [-0.39, 0.29) is 28.2 Å². The maximum atomic E-state index is 13.1. The van der Waals surface area contributed by atoms with E-state index in [0.29, 0.717) is 29.7 Å². The largest absolute Gasteiger partial charge is 0.478 e. The van der Waals surface area contributed by atoms with E-state index < -0.39 is 5.97 Å². The SMILES string of the molecule is CC(C)(C)NC(=O)C1CCC2C3CC=C4C=C(C(=O)O)CC[C@]4(C)C3CC[C@]12C. The van der Waals surface area contributed by atoms with E-state index in [4.69, 9.17) is 0 Å². The number of fused-ring (bicyclic) bond motifs is 5. The van der Waals surface area contributed by atoms with Crippen LogP contribution in [-0.2, 0) is 9.59 Å². The van der Waals surface area contributed by atoms with E-state index in [0.717, 1.165) is 38.5 Å². The summed E-state index contributed by atoms with van der Waals surface area (Å²) in [5.41, 5.74) is 1.82. The number of rotatable bonds is 2. The van der Waals surface area contributed by atoms with Gasteiger partial charge < -0.3 is 10.4 Å². The van der Waals surface area contributed by atoms with E-state index in [2.05, 4.69) is 46.0 Å². The first kappa shape index (κ1) is 20.7. The molecule has 0 saturated heterocycles. The number of carboxylic acids is 1. The smallest absolute Gasteiger partial charge is 0.331 e. The molecule has 4 nitrogen and oxygen atoms in total. The topological polar surface area (TPSA) is 66.4 Å². The number of carbonyl (C=O) groups excluding carboxylic acids is 1. The standard InChI is InChI=1S/C25H37NO3/c1-23(2,3)26-21(27)20-9-8-18-17-7-6-16-14-15(22(28)29)10-12-24(16,4)19(17)11-13-25(18,20)5/h6,14,17-20H,7-13H2,1-5H3,(H,26,27)(H,28,29)/t17?,18?,19?,20?,24-,25-/m0/s1. The zero-order valence-electron chi connectivity index (χ0n) is 18.7. The molecule has 2 saturated carbocycles. The predicted octanol–water partition coefficient (Wildman–Crippen LogP) is 5.10. The molecule has 0 radical (unpaired) electrons. The molecule has 0 aromatic heterocycles. The van der Waals surface area contributed by atoms with Gasteiger partial charge in [0.1, 0.15) is 0 Å². The molecule has 0 aromatic rings.